The second kappa shape index (κ2) is 12.9. The Bertz CT molecular complexity index is 1370. The molecule has 0 aliphatic heterocycles. The number of nitrogens with zero attached hydrogens (tertiary/aromatic N) is 2. The number of carbonyl (C=O) groups is 2. The zero-order valence-corrected chi connectivity index (χ0v) is 24.2. The Morgan fingerprint density at radius 2 is 1.92 bits per heavy atom. The minimum atomic E-state index is -0.955. The fourth-order valence-electron chi connectivity index (χ4n) is 3.80. The van der Waals surface area contributed by atoms with E-state index in [1.165, 1.54) is 0 Å². The first kappa shape index (κ1) is 29.9. The van der Waals surface area contributed by atoms with Gasteiger partial charge in [0.25, 0.3) is 0 Å². The van der Waals surface area contributed by atoms with Crippen molar-refractivity contribution in [3.63, 3.8) is 0 Å². The summed E-state index contributed by atoms with van der Waals surface area (Å²) >= 11 is 3.46. The molecule has 39 heavy (non-hydrogen) atoms. The normalized spacial score (nSPS) is 11.3. The summed E-state index contributed by atoms with van der Waals surface area (Å²) in [6, 6.07) is 13.1. The van der Waals surface area contributed by atoms with Crippen LogP contribution in [0.2, 0.25) is 0 Å². The summed E-state index contributed by atoms with van der Waals surface area (Å²) in [6.07, 6.45) is 2.20. The molecule has 0 unspecified atom stereocenters. The van der Waals surface area contributed by atoms with Crippen LogP contribution in [0.5, 0.6) is 5.75 Å². The molecule has 3 rings (SSSR count). The van der Waals surface area contributed by atoms with Crippen molar-refractivity contribution >= 4 is 27.9 Å². The number of oxazole rings is 1. The van der Waals surface area contributed by atoms with Gasteiger partial charge in [-0.15, -0.1) is 6.58 Å². The lowest BCUT2D eigenvalue weighted by Crippen LogP contribution is -2.29. The number of benzene rings is 2. The molecule has 1 heterocycles. The molecule has 8 nitrogen and oxygen atoms in total. The van der Waals surface area contributed by atoms with Gasteiger partial charge in [0.05, 0.1) is 12.2 Å². The second-order valence-electron chi connectivity index (χ2n) is 10.0. The molecule has 1 N–H and O–H groups in total. The monoisotopic (exact) mass is 596 g/mol. The predicted octanol–water partition coefficient (Wildman–Crippen LogP) is 6.46. The highest BCUT2D eigenvalue weighted by Gasteiger charge is 2.22. The van der Waals surface area contributed by atoms with Gasteiger partial charge < -0.3 is 19.0 Å². The number of carbonyl (C=O) groups excluding carboxylic acids is 1. The second-order valence-corrected chi connectivity index (χ2v) is 10.9. The molecule has 206 valence electrons. The van der Waals surface area contributed by atoms with Crippen molar-refractivity contribution in [1.29, 1.82) is 0 Å². The molecule has 2 aromatic carbocycles. The van der Waals surface area contributed by atoms with E-state index in [2.05, 4.69) is 34.1 Å². The lowest BCUT2D eigenvalue weighted by Gasteiger charge is -2.22. The topological polar surface area (TPSA) is 102 Å². The van der Waals surface area contributed by atoms with Crippen LogP contribution in [-0.4, -0.2) is 39.1 Å². The highest BCUT2D eigenvalue weighted by Crippen LogP contribution is 2.27. The number of hydrogen-bond donors (Lipinski definition) is 1. The van der Waals surface area contributed by atoms with Gasteiger partial charge in [-0.1, -0.05) is 40.2 Å². The van der Waals surface area contributed by atoms with E-state index >= 15 is 0 Å². The maximum atomic E-state index is 12.3. The zero-order valence-electron chi connectivity index (χ0n) is 22.6. The highest BCUT2D eigenvalue weighted by atomic mass is 79.9. The number of aryl methyl sites for hydroxylation is 1. The van der Waals surface area contributed by atoms with Gasteiger partial charge in [-0.2, -0.15) is 0 Å². The Balaban J connectivity index is 1.80. The number of hydrogen-bond acceptors (Lipinski definition) is 7. The molecule has 9 heteroatoms. The number of rotatable bonds is 12. The summed E-state index contributed by atoms with van der Waals surface area (Å²) < 4.78 is 17.9. The summed E-state index contributed by atoms with van der Waals surface area (Å²) in [5.74, 6) is -0.183. The first-order valence-electron chi connectivity index (χ1n) is 12.3. The summed E-state index contributed by atoms with van der Waals surface area (Å²) in [5.41, 5.74) is 2.44. The van der Waals surface area contributed by atoms with Gasteiger partial charge in [0, 0.05) is 23.1 Å². The fourth-order valence-corrected chi connectivity index (χ4v) is 4.20. The number of aliphatic carboxylic acids is 1. The number of aromatic nitrogens is 1. The highest BCUT2D eigenvalue weighted by molar-refractivity contribution is 9.10. The number of ether oxygens (including phenoxy) is 2. The van der Waals surface area contributed by atoms with Crippen LogP contribution in [-0.2, 0) is 33.8 Å². The average molecular weight is 598 g/mol. The first-order chi connectivity index (χ1) is 18.3. The van der Waals surface area contributed by atoms with Crippen LogP contribution in [0.1, 0.15) is 43.4 Å². The number of carboxylic acids is 1. The number of halogens is 1. The van der Waals surface area contributed by atoms with E-state index in [1.807, 2.05) is 43.3 Å². The van der Waals surface area contributed by atoms with Crippen LogP contribution in [0.25, 0.3) is 11.5 Å². The standard InChI is InChI=1S/C30H33BrN2O6/c1-7-9-22-14-21(12-13-26(22)37-20(3)29(36)39-30(4,5)6)16-33(18-27(34)35)17-25-19(2)38-28(32-25)23-10-8-11-24(31)15-23/h7-8,10-15H,1,3,9,16-18H2,2,4-6H3,(H,34,35). The number of esters is 1. The summed E-state index contributed by atoms with van der Waals surface area (Å²) in [4.78, 5) is 30.4. The largest absolute Gasteiger partial charge is 0.480 e. The summed E-state index contributed by atoms with van der Waals surface area (Å²) in [5, 5.41) is 9.56. The van der Waals surface area contributed by atoms with Gasteiger partial charge in [-0.25, -0.2) is 9.78 Å². The summed E-state index contributed by atoms with van der Waals surface area (Å²) in [6.45, 7) is 15.0. The lowest BCUT2D eigenvalue weighted by atomic mass is 10.1. The van der Waals surface area contributed by atoms with Crippen molar-refractivity contribution in [2.45, 2.75) is 52.8 Å². The van der Waals surface area contributed by atoms with Gasteiger partial charge in [-0.05, 0) is 76.1 Å². The SMILES string of the molecule is C=CCc1cc(CN(CC(=O)O)Cc2nc(-c3cccc(Br)c3)oc2C)ccc1OC(=C)C(=O)OC(C)(C)C. The van der Waals surface area contributed by atoms with E-state index in [0.29, 0.717) is 36.1 Å². The summed E-state index contributed by atoms with van der Waals surface area (Å²) in [7, 11) is 0. The van der Waals surface area contributed by atoms with Crippen molar-refractivity contribution < 1.29 is 28.6 Å². The molecule has 0 aliphatic carbocycles. The van der Waals surface area contributed by atoms with E-state index in [9.17, 15) is 14.7 Å². The van der Waals surface area contributed by atoms with Crippen LogP contribution in [0.15, 0.2) is 76.3 Å². The number of allylic oxidation sites excluding steroid dienone is 1. The smallest absolute Gasteiger partial charge is 0.374 e. The van der Waals surface area contributed by atoms with Crippen molar-refractivity contribution in [1.82, 2.24) is 9.88 Å². The number of carboxylic acid groups (broad SMARTS) is 1. The maximum absolute atomic E-state index is 12.3. The fraction of sp³-hybridized carbons (Fsp3) is 0.300. The van der Waals surface area contributed by atoms with E-state index < -0.39 is 17.5 Å². The minimum absolute atomic E-state index is 0.127. The van der Waals surface area contributed by atoms with Gasteiger partial charge >= 0.3 is 11.9 Å². The van der Waals surface area contributed by atoms with Crippen molar-refractivity contribution in [2.75, 3.05) is 6.54 Å². The van der Waals surface area contributed by atoms with Gasteiger partial charge in [0.2, 0.25) is 11.6 Å². The first-order valence-corrected chi connectivity index (χ1v) is 13.1. The predicted molar refractivity (Wildman–Crippen MR) is 152 cm³/mol. The molecule has 0 spiro atoms. The van der Waals surface area contributed by atoms with Crippen LogP contribution < -0.4 is 4.74 Å². The van der Waals surface area contributed by atoms with E-state index in [0.717, 1.165) is 21.2 Å². The Morgan fingerprint density at radius 3 is 2.56 bits per heavy atom. The Hall–Kier alpha value is -3.69. The molecule has 0 saturated heterocycles. The molecule has 3 aromatic rings. The third-order valence-corrected chi connectivity index (χ3v) is 5.94. The van der Waals surface area contributed by atoms with Gasteiger partial charge in [0.15, 0.2) is 0 Å². The van der Waals surface area contributed by atoms with E-state index in [-0.39, 0.29) is 18.8 Å². The van der Waals surface area contributed by atoms with Crippen LogP contribution >= 0.6 is 15.9 Å². The lowest BCUT2D eigenvalue weighted by molar-refractivity contribution is -0.152. The quantitative estimate of drug-likeness (QED) is 0.110. The molecule has 0 aliphatic rings. The molecule has 0 amide bonds. The minimum Gasteiger partial charge on any atom is -0.480 e. The zero-order chi connectivity index (χ0) is 28.7. The van der Waals surface area contributed by atoms with Crippen LogP contribution in [0.4, 0.5) is 0 Å². The third kappa shape index (κ3) is 8.94. The molecular formula is C30H33BrN2O6. The Morgan fingerprint density at radius 1 is 1.18 bits per heavy atom. The molecule has 0 saturated carbocycles. The van der Waals surface area contributed by atoms with Gasteiger partial charge in [-0.3, -0.25) is 9.69 Å². The van der Waals surface area contributed by atoms with Crippen molar-refractivity contribution in [3.05, 3.63) is 94.5 Å². The average Bonchev–Trinajstić information content (AvgIpc) is 3.19. The maximum Gasteiger partial charge on any atom is 0.374 e. The van der Waals surface area contributed by atoms with Crippen molar-refractivity contribution in [2.24, 2.45) is 0 Å². The van der Waals surface area contributed by atoms with E-state index in [1.54, 1.807) is 37.8 Å². The molecule has 0 atom stereocenters. The molecular weight excluding hydrogens is 564 g/mol. The Kier molecular flexibility index (Phi) is 9.88. The molecule has 0 fully saturated rings. The molecule has 0 radical (unpaired) electrons. The van der Waals surface area contributed by atoms with Crippen LogP contribution in [0.3, 0.4) is 0 Å². The van der Waals surface area contributed by atoms with E-state index in [4.69, 9.17) is 13.9 Å². The Labute approximate surface area is 237 Å². The van der Waals surface area contributed by atoms with Crippen LogP contribution in [0, 0.1) is 6.92 Å². The van der Waals surface area contributed by atoms with Gasteiger partial charge in [0.1, 0.15) is 17.1 Å². The molecule has 1 aromatic heterocycles. The third-order valence-electron chi connectivity index (χ3n) is 5.45. The van der Waals surface area contributed by atoms with Crippen molar-refractivity contribution in [3.8, 4) is 17.2 Å². The molecule has 0 bridgehead atoms.